The number of hydrogen-bond acceptors (Lipinski definition) is 6. The summed E-state index contributed by atoms with van der Waals surface area (Å²) in [5, 5.41) is 3.20. The van der Waals surface area contributed by atoms with Gasteiger partial charge in [-0.05, 0) is 60.6 Å². The molecule has 0 bridgehead atoms. The molecule has 7 nitrogen and oxygen atoms in total. The zero-order valence-corrected chi connectivity index (χ0v) is 21.3. The molecule has 1 N–H and O–H groups in total. The Labute approximate surface area is 220 Å². The summed E-state index contributed by atoms with van der Waals surface area (Å²) in [5.41, 5.74) is 3.12. The molecule has 4 heterocycles. The van der Waals surface area contributed by atoms with Crippen molar-refractivity contribution in [3.8, 4) is 0 Å². The van der Waals surface area contributed by atoms with Crippen molar-refractivity contribution in [3.05, 3.63) is 64.5 Å². The van der Waals surface area contributed by atoms with Crippen molar-refractivity contribution in [2.75, 3.05) is 39.4 Å². The molecule has 0 radical (unpaired) electrons. The van der Waals surface area contributed by atoms with Crippen LogP contribution in [0.4, 0.5) is 13.2 Å². The van der Waals surface area contributed by atoms with Gasteiger partial charge >= 0.3 is 6.18 Å². The van der Waals surface area contributed by atoms with Crippen LogP contribution in [0.3, 0.4) is 0 Å². The first-order chi connectivity index (χ1) is 18.3. The van der Waals surface area contributed by atoms with E-state index >= 15 is 0 Å². The van der Waals surface area contributed by atoms with Crippen LogP contribution in [0.2, 0.25) is 0 Å². The fourth-order valence-electron chi connectivity index (χ4n) is 6.29. The normalized spacial score (nSPS) is 27.9. The molecule has 1 aliphatic carbocycles. The molecule has 4 aliphatic rings. The highest BCUT2D eigenvalue weighted by atomic mass is 19.4. The molecule has 2 aromatic rings. The van der Waals surface area contributed by atoms with Crippen LogP contribution in [0, 0.1) is 0 Å². The molecule has 1 aromatic carbocycles. The maximum atomic E-state index is 13.2. The number of pyridine rings is 1. The second kappa shape index (κ2) is 10.6. The van der Waals surface area contributed by atoms with Crippen molar-refractivity contribution < 1.29 is 27.4 Å². The summed E-state index contributed by atoms with van der Waals surface area (Å²) < 4.78 is 51.8. The number of halogens is 3. The van der Waals surface area contributed by atoms with E-state index in [1.54, 1.807) is 12.3 Å². The highest BCUT2D eigenvalue weighted by Crippen LogP contribution is 2.35. The molecule has 0 spiro atoms. The SMILES string of the molecule is O=C(CN1CCc2ccc(C(F)(F)F)cc2C1)NC1CN(C2CCOC2)C[C@@H]1OC1CCc2cccnc21. The van der Waals surface area contributed by atoms with Gasteiger partial charge < -0.3 is 14.8 Å². The van der Waals surface area contributed by atoms with Gasteiger partial charge in [-0.3, -0.25) is 19.6 Å². The molecule has 10 heteroatoms. The first-order valence-electron chi connectivity index (χ1n) is 13.5. The zero-order chi connectivity index (χ0) is 26.3. The van der Waals surface area contributed by atoms with Crippen LogP contribution in [-0.2, 0) is 39.8 Å². The highest BCUT2D eigenvalue weighted by Gasteiger charge is 2.41. The molecule has 3 aliphatic heterocycles. The van der Waals surface area contributed by atoms with E-state index in [0.717, 1.165) is 49.7 Å². The van der Waals surface area contributed by atoms with E-state index in [1.807, 2.05) is 11.0 Å². The third-order valence-corrected chi connectivity index (χ3v) is 8.30. The van der Waals surface area contributed by atoms with Gasteiger partial charge in [-0.15, -0.1) is 0 Å². The van der Waals surface area contributed by atoms with Crippen molar-refractivity contribution >= 4 is 5.91 Å². The molecule has 6 rings (SSSR count). The van der Waals surface area contributed by atoms with Gasteiger partial charge in [0.2, 0.25) is 5.91 Å². The van der Waals surface area contributed by atoms with Gasteiger partial charge in [-0.25, -0.2) is 0 Å². The summed E-state index contributed by atoms with van der Waals surface area (Å²) in [7, 11) is 0. The Bertz CT molecular complexity index is 1170. The van der Waals surface area contributed by atoms with Crippen LogP contribution in [-0.4, -0.2) is 78.3 Å². The lowest BCUT2D eigenvalue weighted by molar-refractivity contribution is -0.137. The number of nitrogens with one attached hydrogen (secondary N) is 1. The molecule has 0 saturated carbocycles. The van der Waals surface area contributed by atoms with Crippen LogP contribution >= 0.6 is 0 Å². The van der Waals surface area contributed by atoms with E-state index in [4.69, 9.17) is 9.47 Å². The first kappa shape index (κ1) is 25.7. The first-order valence-corrected chi connectivity index (χ1v) is 13.5. The Balaban J connectivity index is 1.11. The van der Waals surface area contributed by atoms with Crippen molar-refractivity contribution in [3.63, 3.8) is 0 Å². The second-order valence-corrected chi connectivity index (χ2v) is 10.8. The number of carbonyl (C=O) groups excluding carboxylic acids is 1. The number of aryl methyl sites for hydroxylation is 1. The van der Waals surface area contributed by atoms with E-state index in [-0.39, 0.29) is 30.7 Å². The monoisotopic (exact) mass is 530 g/mol. The van der Waals surface area contributed by atoms with Crippen molar-refractivity contribution in [2.24, 2.45) is 0 Å². The minimum atomic E-state index is -4.38. The topological polar surface area (TPSA) is 66.9 Å². The summed E-state index contributed by atoms with van der Waals surface area (Å²) in [6.45, 7) is 3.93. The van der Waals surface area contributed by atoms with E-state index in [0.29, 0.717) is 44.3 Å². The average molecular weight is 531 g/mol. The lowest BCUT2D eigenvalue weighted by atomic mass is 9.97. The number of benzene rings is 1. The maximum Gasteiger partial charge on any atom is 0.416 e. The lowest BCUT2D eigenvalue weighted by Gasteiger charge is -2.30. The van der Waals surface area contributed by atoms with Gasteiger partial charge in [-0.1, -0.05) is 12.1 Å². The molecular weight excluding hydrogens is 497 g/mol. The number of aromatic nitrogens is 1. The van der Waals surface area contributed by atoms with Crippen molar-refractivity contribution in [1.29, 1.82) is 0 Å². The molecular formula is C28H33F3N4O3. The number of fused-ring (bicyclic) bond motifs is 2. The fourth-order valence-corrected chi connectivity index (χ4v) is 6.29. The Morgan fingerprint density at radius 2 is 2.03 bits per heavy atom. The van der Waals surface area contributed by atoms with Gasteiger partial charge in [0.1, 0.15) is 6.10 Å². The molecule has 2 fully saturated rings. The quantitative estimate of drug-likeness (QED) is 0.619. The van der Waals surface area contributed by atoms with Crippen LogP contribution in [0.5, 0.6) is 0 Å². The summed E-state index contributed by atoms with van der Waals surface area (Å²) in [6.07, 6.45) is 0.565. The van der Waals surface area contributed by atoms with Crippen LogP contribution < -0.4 is 5.32 Å². The third kappa shape index (κ3) is 5.45. The Kier molecular flexibility index (Phi) is 7.15. The van der Waals surface area contributed by atoms with Gasteiger partial charge in [-0.2, -0.15) is 13.2 Å². The Morgan fingerprint density at radius 1 is 1.13 bits per heavy atom. The van der Waals surface area contributed by atoms with Crippen LogP contribution in [0.1, 0.15) is 46.9 Å². The van der Waals surface area contributed by atoms with E-state index in [1.165, 1.54) is 11.6 Å². The van der Waals surface area contributed by atoms with Gasteiger partial charge in [0, 0.05) is 45.0 Å². The number of likely N-dealkylation sites (tertiary alicyclic amines) is 1. The summed E-state index contributed by atoms with van der Waals surface area (Å²) >= 11 is 0. The number of alkyl halides is 3. The van der Waals surface area contributed by atoms with E-state index in [9.17, 15) is 18.0 Å². The van der Waals surface area contributed by atoms with E-state index in [2.05, 4.69) is 21.3 Å². The standard InChI is InChI=1S/C28H33F3N4O3/c29-28(30,31)21-5-3-18-7-10-34(13-20(18)12-21)16-26(36)33-23-14-35(22-8-11-37-17-22)15-25(23)38-24-6-4-19-2-1-9-32-27(19)24/h1-3,5,9,12,22-25H,4,6-8,10-11,13-17H2,(H,33,36)/t22?,23?,24?,25-/m0/s1. The number of hydrogen-bond donors (Lipinski definition) is 1. The Hall–Kier alpha value is -2.53. The highest BCUT2D eigenvalue weighted by molar-refractivity contribution is 5.78. The summed E-state index contributed by atoms with van der Waals surface area (Å²) in [6, 6.07) is 8.10. The maximum absolute atomic E-state index is 13.2. The predicted octanol–water partition coefficient (Wildman–Crippen LogP) is 3.12. The summed E-state index contributed by atoms with van der Waals surface area (Å²) in [5.74, 6) is -0.131. The summed E-state index contributed by atoms with van der Waals surface area (Å²) in [4.78, 5) is 22.0. The molecule has 1 aromatic heterocycles. The van der Waals surface area contributed by atoms with Crippen molar-refractivity contribution in [2.45, 2.75) is 62.7 Å². The largest absolute Gasteiger partial charge is 0.416 e. The van der Waals surface area contributed by atoms with Crippen molar-refractivity contribution in [1.82, 2.24) is 20.1 Å². The average Bonchev–Trinajstić information content (AvgIpc) is 3.64. The van der Waals surface area contributed by atoms with Crippen LogP contribution in [0.25, 0.3) is 0 Å². The number of nitrogens with zero attached hydrogens (tertiary/aromatic N) is 3. The molecule has 204 valence electrons. The number of ether oxygens (including phenoxy) is 2. The number of carbonyl (C=O) groups is 1. The second-order valence-electron chi connectivity index (χ2n) is 10.8. The fraction of sp³-hybridized carbons (Fsp3) is 0.571. The number of rotatable bonds is 6. The lowest BCUT2D eigenvalue weighted by Crippen LogP contribution is -2.48. The molecule has 38 heavy (non-hydrogen) atoms. The molecule has 4 atom stereocenters. The Morgan fingerprint density at radius 3 is 2.84 bits per heavy atom. The van der Waals surface area contributed by atoms with Gasteiger partial charge in [0.25, 0.3) is 0 Å². The minimum absolute atomic E-state index is 0.0863. The molecule has 1 amide bonds. The smallest absolute Gasteiger partial charge is 0.380 e. The minimum Gasteiger partial charge on any atom is -0.380 e. The predicted molar refractivity (Wildman–Crippen MR) is 133 cm³/mol. The number of amides is 1. The van der Waals surface area contributed by atoms with E-state index < -0.39 is 11.7 Å². The van der Waals surface area contributed by atoms with Gasteiger partial charge in [0.15, 0.2) is 0 Å². The third-order valence-electron chi connectivity index (χ3n) is 8.30. The zero-order valence-electron chi connectivity index (χ0n) is 21.3. The van der Waals surface area contributed by atoms with Gasteiger partial charge in [0.05, 0.1) is 36.6 Å². The molecule has 3 unspecified atom stereocenters. The van der Waals surface area contributed by atoms with Crippen LogP contribution in [0.15, 0.2) is 36.5 Å². The molecule has 2 saturated heterocycles.